The molecular weight excluding hydrogens is 587 g/mol. The van der Waals surface area contributed by atoms with E-state index in [4.69, 9.17) is 15.8 Å². The molecular formula is C38H42FN8+. The van der Waals surface area contributed by atoms with Gasteiger partial charge in [0.25, 0.3) is 0 Å². The third-order valence-electron chi connectivity index (χ3n) is 10.5. The maximum Gasteiger partial charge on any atom is 0.248 e. The van der Waals surface area contributed by atoms with Crippen molar-refractivity contribution < 1.29 is 4.39 Å². The van der Waals surface area contributed by atoms with Crippen molar-refractivity contribution in [1.82, 2.24) is 29.5 Å². The number of fused-ring (bicyclic) bond motifs is 3. The summed E-state index contributed by atoms with van der Waals surface area (Å²) >= 11 is 0. The summed E-state index contributed by atoms with van der Waals surface area (Å²) < 4.78 is 18.4. The minimum absolute atomic E-state index is 0.187. The van der Waals surface area contributed by atoms with E-state index in [1.54, 1.807) is 10.7 Å². The van der Waals surface area contributed by atoms with Crippen LogP contribution in [0.25, 0.3) is 28.2 Å². The van der Waals surface area contributed by atoms with Crippen LogP contribution in [0, 0.1) is 5.82 Å². The number of quaternary nitrogens is 1. The molecule has 3 aromatic carbocycles. The molecule has 3 heterocycles. The molecule has 0 radical (unpaired) electrons. The Labute approximate surface area is 275 Å². The van der Waals surface area contributed by atoms with Crippen molar-refractivity contribution in [1.29, 1.82) is 0 Å². The van der Waals surface area contributed by atoms with Gasteiger partial charge in [-0.3, -0.25) is 4.48 Å². The maximum absolute atomic E-state index is 16.1. The standard InChI is InChI=1S/C38H42FN8/c39-33-24-28(18-19-34(33)47(22-20-41-21-23-47)29-14-5-2-6-15-29)42-38-44-37(40)46(45-38)35-25-32(27-10-3-1-4-11-27)31-17-9-13-26-12-7-8-16-30(26)36(31)43-35/h1,3-4,7-8,10-12,16,18-19,24-25,29,41H,2,5-6,9,13-15,17,20-23H2,(H3,40,42,44,45)/q+1. The summed E-state index contributed by atoms with van der Waals surface area (Å²) in [5.74, 6) is 0.914. The van der Waals surface area contributed by atoms with Gasteiger partial charge in [0.15, 0.2) is 17.3 Å². The van der Waals surface area contributed by atoms with Gasteiger partial charge < -0.3 is 16.4 Å². The number of rotatable bonds is 6. The highest BCUT2D eigenvalue weighted by Crippen LogP contribution is 2.40. The molecule has 0 bridgehead atoms. The predicted molar refractivity (Wildman–Crippen MR) is 187 cm³/mol. The van der Waals surface area contributed by atoms with Crippen molar-refractivity contribution in [2.75, 3.05) is 37.2 Å². The van der Waals surface area contributed by atoms with Crippen LogP contribution in [0.3, 0.4) is 0 Å². The van der Waals surface area contributed by atoms with E-state index < -0.39 is 0 Å². The number of piperazine rings is 1. The smallest absolute Gasteiger partial charge is 0.248 e. The van der Waals surface area contributed by atoms with Crippen LogP contribution in [0.4, 0.5) is 27.7 Å². The quantitative estimate of drug-likeness (QED) is 0.172. The van der Waals surface area contributed by atoms with Gasteiger partial charge >= 0.3 is 0 Å². The average Bonchev–Trinajstić information content (AvgIpc) is 3.37. The van der Waals surface area contributed by atoms with Gasteiger partial charge in [0.05, 0.1) is 24.8 Å². The first kappa shape index (κ1) is 29.8. The molecule has 1 saturated heterocycles. The highest BCUT2D eigenvalue weighted by atomic mass is 19.1. The number of pyridine rings is 1. The second kappa shape index (κ2) is 12.5. The average molecular weight is 630 g/mol. The molecule has 9 heteroatoms. The van der Waals surface area contributed by atoms with Gasteiger partial charge in [0, 0.05) is 36.5 Å². The van der Waals surface area contributed by atoms with Crippen LogP contribution < -0.4 is 20.9 Å². The lowest BCUT2D eigenvalue weighted by molar-refractivity contribution is 0.138. The second-order valence-corrected chi connectivity index (χ2v) is 13.3. The Kier molecular flexibility index (Phi) is 7.95. The fourth-order valence-corrected chi connectivity index (χ4v) is 8.24. The zero-order valence-corrected chi connectivity index (χ0v) is 26.8. The molecule has 2 fully saturated rings. The summed E-state index contributed by atoms with van der Waals surface area (Å²) in [5.41, 5.74) is 14.8. The summed E-state index contributed by atoms with van der Waals surface area (Å²) in [7, 11) is 0. The van der Waals surface area contributed by atoms with Crippen LogP contribution in [0.15, 0.2) is 78.9 Å². The first-order valence-corrected chi connectivity index (χ1v) is 17.1. The van der Waals surface area contributed by atoms with Crippen molar-refractivity contribution >= 4 is 23.3 Å². The number of aryl methyl sites for hydroxylation is 1. The fraction of sp³-hybridized carbons (Fsp3) is 0.342. The number of hydrogen-bond acceptors (Lipinski definition) is 6. The Balaban J connectivity index is 1.14. The Morgan fingerprint density at radius 1 is 0.830 bits per heavy atom. The van der Waals surface area contributed by atoms with E-state index in [0.717, 1.165) is 90.8 Å². The highest BCUT2D eigenvalue weighted by Gasteiger charge is 2.42. The van der Waals surface area contributed by atoms with Crippen molar-refractivity contribution in [2.45, 2.75) is 57.4 Å². The lowest BCUT2D eigenvalue weighted by atomic mass is 9.90. The van der Waals surface area contributed by atoms with Gasteiger partial charge in [-0.25, -0.2) is 9.37 Å². The molecule has 0 amide bonds. The lowest BCUT2D eigenvalue weighted by Gasteiger charge is -2.48. The van der Waals surface area contributed by atoms with Crippen molar-refractivity contribution in [2.24, 2.45) is 0 Å². The van der Waals surface area contributed by atoms with E-state index in [2.05, 4.69) is 70.2 Å². The van der Waals surface area contributed by atoms with Crippen LogP contribution in [0.5, 0.6) is 0 Å². The van der Waals surface area contributed by atoms with Crippen molar-refractivity contribution in [3.63, 3.8) is 0 Å². The minimum Gasteiger partial charge on any atom is -0.368 e. The van der Waals surface area contributed by atoms with E-state index in [1.165, 1.54) is 30.4 Å². The molecule has 2 aromatic heterocycles. The van der Waals surface area contributed by atoms with E-state index in [1.807, 2.05) is 18.2 Å². The number of anilines is 3. The third kappa shape index (κ3) is 5.57. The third-order valence-corrected chi connectivity index (χ3v) is 10.5. The van der Waals surface area contributed by atoms with Gasteiger partial charge in [-0.2, -0.15) is 9.67 Å². The first-order chi connectivity index (χ1) is 23.1. The molecule has 240 valence electrons. The number of nitrogens with two attached hydrogens (primary N) is 1. The summed E-state index contributed by atoms with van der Waals surface area (Å²) in [6, 6.07) is 27.0. The predicted octanol–water partition coefficient (Wildman–Crippen LogP) is 7.19. The van der Waals surface area contributed by atoms with Crippen LogP contribution in [0.2, 0.25) is 0 Å². The molecule has 5 aromatic rings. The Hall–Kier alpha value is -4.60. The second-order valence-electron chi connectivity index (χ2n) is 13.3. The van der Waals surface area contributed by atoms with E-state index in [-0.39, 0.29) is 11.8 Å². The summed E-state index contributed by atoms with van der Waals surface area (Å²) in [6.45, 7) is 3.65. The normalized spacial score (nSPS) is 17.8. The molecule has 8 nitrogen and oxygen atoms in total. The highest BCUT2D eigenvalue weighted by molar-refractivity contribution is 5.80. The number of nitrogens with one attached hydrogen (secondary N) is 2. The SMILES string of the molecule is Nc1nc(Nc2ccc([N+]3(C4CCCCC4)CCNCC3)c(F)c2)nn1-c1cc(-c2ccccc2)c2c(n1)-c1ccccc1CCC2. The largest absolute Gasteiger partial charge is 0.368 e. The zero-order chi connectivity index (χ0) is 31.8. The van der Waals surface area contributed by atoms with Crippen molar-refractivity contribution in [3.05, 3.63) is 95.8 Å². The number of halogens is 1. The van der Waals surface area contributed by atoms with Gasteiger partial charge in [0.2, 0.25) is 11.9 Å². The van der Waals surface area contributed by atoms with Crippen LogP contribution in [-0.4, -0.2) is 52.0 Å². The van der Waals surface area contributed by atoms with Gasteiger partial charge in [-0.1, -0.05) is 61.0 Å². The van der Waals surface area contributed by atoms with Gasteiger partial charge in [0.1, 0.15) is 0 Å². The molecule has 47 heavy (non-hydrogen) atoms. The molecule has 0 spiro atoms. The van der Waals surface area contributed by atoms with E-state index >= 15 is 4.39 Å². The summed E-state index contributed by atoms with van der Waals surface area (Å²) in [4.78, 5) is 9.70. The Morgan fingerprint density at radius 2 is 1.62 bits per heavy atom. The van der Waals surface area contributed by atoms with Crippen LogP contribution in [-0.2, 0) is 12.8 Å². The summed E-state index contributed by atoms with van der Waals surface area (Å²) in [5, 5.41) is 11.4. The van der Waals surface area contributed by atoms with Gasteiger partial charge in [-0.15, -0.1) is 5.10 Å². The van der Waals surface area contributed by atoms with Gasteiger partial charge in [-0.05, 0) is 79.3 Å². The number of nitrogens with zero attached hydrogens (tertiary/aromatic N) is 5. The monoisotopic (exact) mass is 629 g/mol. The molecule has 3 aliphatic rings. The zero-order valence-electron chi connectivity index (χ0n) is 26.8. The molecule has 4 N–H and O–H groups in total. The first-order valence-electron chi connectivity index (χ1n) is 17.1. The lowest BCUT2D eigenvalue weighted by Crippen LogP contribution is -2.65. The number of hydrogen-bond donors (Lipinski definition) is 3. The van der Waals surface area contributed by atoms with E-state index in [9.17, 15) is 0 Å². The summed E-state index contributed by atoms with van der Waals surface area (Å²) in [6.07, 6.45) is 9.05. The topological polar surface area (TPSA) is 93.7 Å². The molecule has 2 aliphatic carbocycles. The molecule has 0 unspecified atom stereocenters. The molecule has 0 atom stereocenters. The molecule has 8 rings (SSSR count). The fourth-order valence-electron chi connectivity index (χ4n) is 8.24. The Morgan fingerprint density at radius 3 is 2.43 bits per heavy atom. The van der Waals surface area contributed by atoms with Crippen LogP contribution in [0.1, 0.15) is 49.7 Å². The van der Waals surface area contributed by atoms with Crippen LogP contribution >= 0.6 is 0 Å². The molecule has 1 aliphatic heterocycles. The molecule has 1 saturated carbocycles. The minimum atomic E-state index is -0.187. The van der Waals surface area contributed by atoms with E-state index in [0.29, 0.717) is 23.5 Å². The Bertz CT molecular complexity index is 1890. The maximum atomic E-state index is 16.1. The number of benzene rings is 3. The number of nitrogen functional groups attached to an aromatic ring is 1. The number of aromatic nitrogens is 4. The van der Waals surface area contributed by atoms with Crippen molar-refractivity contribution in [3.8, 4) is 28.2 Å².